The maximum atomic E-state index is 12.6. The van der Waals surface area contributed by atoms with Crippen LogP contribution in [-0.4, -0.2) is 12.4 Å². The minimum atomic E-state index is -0.271. The first-order valence-corrected chi connectivity index (χ1v) is 6.68. The molecule has 0 unspecified atom stereocenters. The van der Waals surface area contributed by atoms with Crippen LogP contribution in [0.4, 0.5) is 4.39 Å². The van der Waals surface area contributed by atoms with E-state index in [9.17, 15) is 4.39 Å². The lowest BCUT2D eigenvalue weighted by atomic mass is 10.4. The van der Waals surface area contributed by atoms with Gasteiger partial charge >= 0.3 is 0 Å². The van der Waals surface area contributed by atoms with Crippen LogP contribution in [0.5, 0.6) is 0 Å². The van der Waals surface area contributed by atoms with E-state index in [-0.39, 0.29) is 17.6 Å². The second-order valence-electron chi connectivity index (χ2n) is 3.41. The second-order valence-corrected chi connectivity index (χ2v) is 5.54. The fourth-order valence-corrected chi connectivity index (χ4v) is 3.49. The molecule has 0 saturated carbocycles. The molecule has 0 spiro atoms. The number of hydrogen-bond acceptors (Lipinski definition) is 0. The molecule has 0 aliphatic rings. The lowest BCUT2D eigenvalue weighted by Crippen LogP contribution is -2.10. The number of benzene rings is 2. The van der Waals surface area contributed by atoms with Gasteiger partial charge < -0.3 is 0 Å². The van der Waals surface area contributed by atoms with E-state index in [2.05, 4.69) is 24.3 Å². The molecule has 0 aromatic heterocycles. The largest absolute Gasteiger partial charge is 0.246 e. The maximum Gasteiger partial charge on any atom is 0.160 e. The number of halogens is 1. The molecule has 0 bridgehead atoms. The van der Waals surface area contributed by atoms with Crippen molar-refractivity contribution >= 4 is 10.9 Å². The summed E-state index contributed by atoms with van der Waals surface area (Å²) in [6.07, 6.45) is 0. The molecule has 0 saturated heterocycles. The molecule has 0 heterocycles. The quantitative estimate of drug-likeness (QED) is 0.706. The Labute approximate surface area is 98.5 Å². The van der Waals surface area contributed by atoms with Crippen molar-refractivity contribution in [1.29, 1.82) is 0 Å². The summed E-state index contributed by atoms with van der Waals surface area (Å²) < 4.78 is 12.6. The van der Waals surface area contributed by atoms with Crippen molar-refractivity contribution in [3.63, 3.8) is 0 Å². The molecule has 0 atom stereocenters. The van der Waals surface area contributed by atoms with Crippen LogP contribution in [0.3, 0.4) is 0 Å². The molecule has 0 radical (unpaired) electrons. The van der Waals surface area contributed by atoms with Crippen LogP contribution >= 0.6 is 0 Å². The molecule has 0 nitrogen and oxygen atoms in total. The normalized spacial score (nSPS) is 10.6. The van der Waals surface area contributed by atoms with E-state index in [1.807, 2.05) is 36.4 Å². The Bertz CT molecular complexity index is 374. The smallest absolute Gasteiger partial charge is 0.160 e. The summed E-state index contributed by atoms with van der Waals surface area (Å²) in [4.78, 5) is 2.43. The van der Waals surface area contributed by atoms with Crippen LogP contribution < -0.4 is 0 Å². The van der Waals surface area contributed by atoms with E-state index in [0.717, 1.165) is 0 Å². The standard InChI is InChI=1S/C14H14FS/c15-11-12-16(13-7-3-1-4-8-13)14-9-5-2-6-10-14/h1-10H,11-12H2/q+1. The van der Waals surface area contributed by atoms with Gasteiger partial charge in [-0.1, -0.05) is 36.4 Å². The summed E-state index contributed by atoms with van der Waals surface area (Å²) in [5.74, 6) is 0.577. The van der Waals surface area contributed by atoms with Gasteiger partial charge in [-0.05, 0) is 24.3 Å². The van der Waals surface area contributed by atoms with Gasteiger partial charge in [0.2, 0.25) is 0 Å². The minimum Gasteiger partial charge on any atom is -0.246 e. The van der Waals surface area contributed by atoms with E-state index < -0.39 is 0 Å². The number of rotatable bonds is 4. The first kappa shape index (κ1) is 11.2. The van der Waals surface area contributed by atoms with E-state index in [1.54, 1.807) is 0 Å². The van der Waals surface area contributed by atoms with Gasteiger partial charge in [-0.25, -0.2) is 4.39 Å². The summed E-state index contributed by atoms with van der Waals surface area (Å²) in [7, 11) is -0.126. The Kier molecular flexibility index (Phi) is 4.00. The lowest BCUT2D eigenvalue weighted by molar-refractivity contribution is 0.531. The van der Waals surface area contributed by atoms with Crippen molar-refractivity contribution in [3.8, 4) is 0 Å². The molecule has 2 heteroatoms. The molecule has 0 aliphatic heterocycles. The van der Waals surface area contributed by atoms with Crippen molar-refractivity contribution in [1.82, 2.24) is 0 Å². The molecule has 2 rings (SSSR count). The van der Waals surface area contributed by atoms with E-state index in [1.165, 1.54) is 9.79 Å². The van der Waals surface area contributed by atoms with Gasteiger partial charge in [0.15, 0.2) is 9.79 Å². The topological polar surface area (TPSA) is 0 Å². The Balaban J connectivity index is 2.31. The molecule has 2 aromatic carbocycles. The molecule has 82 valence electrons. The fourth-order valence-electron chi connectivity index (χ4n) is 1.62. The van der Waals surface area contributed by atoms with Crippen molar-refractivity contribution in [2.45, 2.75) is 9.79 Å². The molecule has 2 aromatic rings. The highest BCUT2D eigenvalue weighted by Crippen LogP contribution is 2.22. The summed E-state index contributed by atoms with van der Waals surface area (Å²) >= 11 is 0. The van der Waals surface area contributed by atoms with Crippen molar-refractivity contribution < 1.29 is 4.39 Å². The first-order chi connectivity index (χ1) is 7.92. The third kappa shape index (κ3) is 2.64. The molecule has 16 heavy (non-hydrogen) atoms. The molecule has 0 N–H and O–H groups in total. The van der Waals surface area contributed by atoms with E-state index in [0.29, 0.717) is 5.75 Å². The highest BCUT2D eigenvalue weighted by molar-refractivity contribution is 7.97. The van der Waals surface area contributed by atoms with Crippen LogP contribution in [0.15, 0.2) is 70.5 Å². The van der Waals surface area contributed by atoms with Gasteiger partial charge in [0.25, 0.3) is 0 Å². The zero-order chi connectivity index (χ0) is 11.2. The highest BCUT2D eigenvalue weighted by Gasteiger charge is 2.23. The summed E-state index contributed by atoms with van der Waals surface area (Å²) in [5, 5.41) is 0. The molecule has 0 amide bonds. The SMILES string of the molecule is FCC[S+](c1ccccc1)c1ccccc1. The van der Waals surface area contributed by atoms with Crippen molar-refractivity contribution in [2.75, 3.05) is 12.4 Å². The van der Waals surface area contributed by atoms with Crippen LogP contribution in [0.2, 0.25) is 0 Å². The monoisotopic (exact) mass is 233 g/mol. The Hall–Kier alpha value is -1.28. The second kappa shape index (κ2) is 5.71. The Morgan fingerprint density at radius 3 is 1.56 bits per heavy atom. The lowest BCUT2D eigenvalue weighted by Gasteiger charge is -2.05. The fraction of sp³-hybridized carbons (Fsp3) is 0.143. The van der Waals surface area contributed by atoms with Gasteiger partial charge in [-0.15, -0.1) is 0 Å². The average molecular weight is 233 g/mol. The number of hydrogen-bond donors (Lipinski definition) is 0. The maximum absolute atomic E-state index is 12.6. The van der Waals surface area contributed by atoms with Crippen LogP contribution in [0.25, 0.3) is 0 Å². The summed E-state index contributed by atoms with van der Waals surface area (Å²) in [6.45, 7) is -0.271. The van der Waals surface area contributed by atoms with Crippen LogP contribution in [0.1, 0.15) is 0 Å². The first-order valence-electron chi connectivity index (χ1n) is 5.29. The minimum absolute atomic E-state index is 0.126. The third-order valence-electron chi connectivity index (χ3n) is 2.34. The Morgan fingerprint density at radius 1 is 0.750 bits per heavy atom. The summed E-state index contributed by atoms with van der Waals surface area (Å²) in [6, 6.07) is 20.3. The van der Waals surface area contributed by atoms with Crippen LogP contribution in [0, 0.1) is 0 Å². The van der Waals surface area contributed by atoms with Crippen LogP contribution in [-0.2, 0) is 10.9 Å². The molecular formula is C14H14FS+. The molecule has 0 aliphatic carbocycles. The van der Waals surface area contributed by atoms with E-state index >= 15 is 0 Å². The van der Waals surface area contributed by atoms with Gasteiger partial charge in [0.05, 0.1) is 10.9 Å². The van der Waals surface area contributed by atoms with Gasteiger partial charge in [-0.2, -0.15) is 0 Å². The summed E-state index contributed by atoms with van der Waals surface area (Å²) in [5.41, 5.74) is 0. The Morgan fingerprint density at radius 2 is 1.19 bits per heavy atom. The predicted octanol–water partition coefficient (Wildman–Crippen LogP) is 3.69. The molecule has 0 fully saturated rings. The predicted molar refractivity (Wildman–Crippen MR) is 67.6 cm³/mol. The average Bonchev–Trinajstić information content (AvgIpc) is 2.38. The van der Waals surface area contributed by atoms with Gasteiger partial charge in [0.1, 0.15) is 12.4 Å². The zero-order valence-corrected chi connectivity index (χ0v) is 9.79. The number of alkyl halides is 1. The van der Waals surface area contributed by atoms with Gasteiger partial charge in [0, 0.05) is 0 Å². The van der Waals surface area contributed by atoms with E-state index in [4.69, 9.17) is 0 Å². The zero-order valence-electron chi connectivity index (χ0n) is 8.97. The third-order valence-corrected chi connectivity index (χ3v) is 4.58. The highest BCUT2D eigenvalue weighted by atomic mass is 32.2. The van der Waals surface area contributed by atoms with Crippen molar-refractivity contribution in [2.24, 2.45) is 0 Å². The van der Waals surface area contributed by atoms with Crippen molar-refractivity contribution in [3.05, 3.63) is 60.7 Å². The van der Waals surface area contributed by atoms with Gasteiger partial charge in [-0.3, -0.25) is 0 Å². The molecular weight excluding hydrogens is 219 g/mol.